The molecule has 0 spiro atoms. The van der Waals surface area contributed by atoms with Crippen LogP contribution in [0.2, 0.25) is 5.02 Å². The fraction of sp³-hybridized carbons (Fsp3) is 0.316. The Bertz CT molecular complexity index is 659. The molecule has 2 aromatic carbocycles. The van der Waals surface area contributed by atoms with Crippen LogP contribution in [0.4, 0.5) is 5.69 Å². The first-order valence-corrected chi connectivity index (χ1v) is 8.87. The van der Waals surface area contributed by atoms with Gasteiger partial charge in [0.2, 0.25) is 0 Å². The van der Waals surface area contributed by atoms with Gasteiger partial charge in [0.05, 0.1) is 6.10 Å². The van der Waals surface area contributed by atoms with Crippen LogP contribution in [0.3, 0.4) is 0 Å². The summed E-state index contributed by atoms with van der Waals surface area (Å²) in [4.78, 5) is 0. The number of nitrogens with one attached hydrogen (secondary N) is 2. The summed E-state index contributed by atoms with van der Waals surface area (Å²) in [5.74, 6) is 0.926. The van der Waals surface area contributed by atoms with Gasteiger partial charge in [0.15, 0.2) is 5.11 Å². The molecule has 0 aliphatic heterocycles. The number of benzene rings is 2. The molecule has 0 aromatic heterocycles. The number of aryl methyl sites for hydroxylation is 1. The summed E-state index contributed by atoms with van der Waals surface area (Å²) in [6.07, 6.45) is 2.16. The van der Waals surface area contributed by atoms with Gasteiger partial charge in [0, 0.05) is 17.3 Å². The molecule has 2 N–H and O–H groups in total. The van der Waals surface area contributed by atoms with Crippen molar-refractivity contribution in [3.05, 3.63) is 59.1 Å². The molecule has 0 amide bonds. The van der Waals surface area contributed by atoms with E-state index in [1.165, 1.54) is 5.56 Å². The highest BCUT2D eigenvalue weighted by molar-refractivity contribution is 7.80. The Morgan fingerprint density at radius 2 is 1.92 bits per heavy atom. The average Bonchev–Trinajstić information content (AvgIpc) is 2.53. The van der Waals surface area contributed by atoms with Crippen LogP contribution in [0.5, 0.6) is 5.75 Å². The Balaban J connectivity index is 1.70. The molecule has 5 heteroatoms. The Hall–Kier alpha value is -1.78. The van der Waals surface area contributed by atoms with Gasteiger partial charge in [-0.3, -0.25) is 0 Å². The number of ether oxygens (including phenoxy) is 1. The maximum atomic E-state index is 5.86. The maximum Gasteiger partial charge on any atom is 0.170 e. The van der Waals surface area contributed by atoms with Crippen LogP contribution in [0.1, 0.15) is 25.8 Å². The van der Waals surface area contributed by atoms with Crippen molar-refractivity contribution in [1.29, 1.82) is 0 Å². The lowest BCUT2D eigenvalue weighted by Gasteiger charge is -2.12. The summed E-state index contributed by atoms with van der Waals surface area (Å²) in [6, 6.07) is 15.7. The van der Waals surface area contributed by atoms with Gasteiger partial charge in [-0.25, -0.2) is 0 Å². The molecule has 0 saturated heterocycles. The van der Waals surface area contributed by atoms with Crippen molar-refractivity contribution in [2.45, 2.75) is 32.8 Å². The van der Waals surface area contributed by atoms with Gasteiger partial charge in [-0.1, -0.05) is 23.7 Å². The minimum Gasteiger partial charge on any atom is -0.491 e. The van der Waals surface area contributed by atoms with E-state index in [1.807, 2.05) is 50.2 Å². The molecule has 0 radical (unpaired) electrons. The predicted molar refractivity (Wildman–Crippen MR) is 106 cm³/mol. The zero-order valence-electron chi connectivity index (χ0n) is 14.0. The van der Waals surface area contributed by atoms with Gasteiger partial charge in [-0.2, -0.15) is 0 Å². The summed E-state index contributed by atoms with van der Waals surface area (Å²) < 4.78 is 5.72. The highest BCUT2D eigenvalue weighted by atomic mass is 35.5. The predicted octanol–water partition coefficient (Wildman–Crippen LogP) is 5.05. The summed E-state index contributed by atoms with van der Waals surface area (Å²) in [6.45, 7) is 4.88. The van der Waals surface area contributed by atoms with Gasteiger partial charge in [0.1, 0.15) is 5.75 Å². The van der Waals surface area contributed by atoms with Crippen molar-refractivity contribution >= 4 is 34.6 Å². The van der Waals surface area contributed by atoms with E-state index in [9.17, 15) is 0 Å². The summed E-state index contributed by atoms with van der Waals surface area (Å²) in [7, 11) is 0. The minimum atomic E-state index is 0.193. The number of thiocarbonyl (C=S) groups is 1. The lowest BCUT2D eigenvalue weighted by molar-refractivity contribution is 0.242. The first-order valence-electron chi connectivity index (χ1n) is 8.09. The van der Waals surface area contributed by atoms with E-state index in [4.69, 9.17) is 28.6 Å². The second-order valence-corrected chi connectivity index (χ2v) is 6.65. The van der Waals surface area contributed by atoms with Gasteiger partial charge in [-0.15, -0.1) is 0 Å². The molecule has 2 rings (SSSR count). The standard InChI is InChI=1S/C19H23ClN2OS/c1-14(2)23-18-7-3-5-15(13-18)6-4-12-21-19(24)22-17-10-8-16(20)9-11-17/h3,5,7-11,13-14H,4,6,12H2,1-2H3,(H2,21,22,24). The van der Waals surface area contributed by atoms with E-state index in [1.54, 1.807) is 0 Å². The third kappa shape index (κ3) is 6.77. The minimum absolute atomic E-state index is 0.193. The van der Waals surface area contributed by atoms with Crippen molar-refractivity contribution < 1.29 is 4.74 Å². The Morgan fingerprint density at radius 3 is 2.62 bits per heavy atom. The van der Waals surface area contributed by atoms with Gasteiger partial charge in [-0.05, 0) is 80.9 Å². The van der Waals surface area contributed by atoms with Crippen molar-refractivity contribution in [2.75, 3.05) is 11.9 Å². The van der Waals surface area contributed by atoms with Crippen LogP contribution in [0.25, 0.3) is 0 Å². The van der Waals surface area contributed by atoms with Crippen LogP contribution in [-0.2, 0) is 6.42 Å². The molecule has 0 fully saturated rings. The van der Waals surface area contributed by atoms with Crippen LogP contribution in [-0.4, -0.2) is 17.8 Å². The highest BCUT2D eigenvalue weighted by Crippen LogP contribution is 2.16. The van der Waals surface area contributed by atoms with Crippen molar-refractivity contribution in [3.63, 3.8) is 0 Å². The zero-order valence-corrected chi connectivity index (χ0v) is 15.6. The Labute approximate surface area is 154 Å². The molecule has 0 aliphatic rings. The molecule has 0 atom stereocenters. The van der Waals surface area contributed by atoms with Gasteiger partial charge >= 0.3 is 0 Å². The van der Waals surface area contributed by atoms with E-state index in [0.717, 1.165) is 30.8 Å². The SMILES string of the molecule is CC(C)Oc1cccc(CCCNC(=S)Nc2ccc(Cl)cc2)c1. The van der Waals surface area contributed by atoms with Crippen LogP contribution in [0.15, 0.2) is 48.5 Å². The lowest BCUT2D eigenvalue weighted by atomic mass is 10.1. The monoisotopic (exact) mass is 362 g/mol. The molecule has 24 heavy (non-hydrogen) atoms. The smallest absolute Gasteiger partial charge is 0.170 e. The largest absolute Gasteiger partial charge is 0.491 e. The molecule has 0 saturated carbocycles. The molecule has 3 nitrogen and oxygen atoms in total. The summed E-state index contributed by atoms with van der Waals surface area (Å²) in [5, 5.41) is 7.69. The van der Waals surface area contributed by atoms with Crippen LogP contribution >= 0.6 is 23.8 Å². The molecule has 0 aliphatic carbocycles. The molecular formula is C19H23ClN2OS. The Morgan fingerprint density at radius 1 is 1.17 bits per heavy atom. The molecule has 128 valence electrons. The third-order valence-corrected chi connectivity index (χ3v) is 3.80. The molecule has 2 aromatic rings. The normalized spacial score (nSPS) is 10.5. The first-order chi connectivity index (χ1) is 11.5. The molecule has 0 unspecified atom stereocenters. The van der Waals surface area contributed by atoms with Gasteiger partial charge in [0.25, 0.3) is 0 Å². The van der Waals surface area contributed by atoms with E-state index < -0.39 is 0 Å². The molecular weight excluding hydrogens is 340 g/mol. The molecule has 0 bridgehead atoms. The number of hydrogen-bond acceptors (Lipinski definition) is 2. The molecule has 0 heterocycles. The van der Waals surface area contributed by atoms with Crippen LogP contribution in [0, 0.1) is 0 Å². The van der Waals surface area contributed by atoms with Gasteiger partial charge < -0.3 is 15.4 Å². The van der Waals surface area contributed by atoms with Crippen molar-refractivity contribution in [2.24, 2.45) is 0 Å². The van der Waals surface area contributed by atoms with Crippen molar-refractivity contribution in [1.82, 2.24) is 5.32 Å². The lowest BCUT2D eigenvalue weighted by Crippen LogP contribution is -2.29. The second-order valence-electron chi connectivity index (χ2n) is 5.81. The Kier molecular flexibility index (Phi) is 7.35. The highest BCUT2D eigenvalue weighted by Gasteiger charge is 2.01. The number of hydrogen-bond donors (Lipinski definition) is 2. The van der Waals surface area contributed by atoms with E-state index in [-0.39, 0.29) is 6.10 Å². The second kappa shape index (κ2) is 9.50. The van der Waals surface area contributed by atoms with Crippen molar-refractivity contribution in [3.8, 4) is 5.75 Å². The third-order valence-electron chi connectivity index (χ3n) is 3.30. The fourth-order valence-electron chi connectivity index (χ4n) is 2.25. The van der Waals surface area contributed by atoms with E-state index >= 15 is 0 Å². The fourth-order valence-corrected chi connectivity index (χ4v) is 2.60. The summed E-state index contributed by atoms with van der Waals surface area (Å²) >= 11 is 11.2. The quantitative estimate of drug-likeness (QED) is 0.533. The van der Waals surface area contributed by atoms with E-state index in [2.05, 4.69) is 22.8 Å². The number of anilines is 1. The first kappa shape index (κ1) is 18.6. The van der Waals surface area contributed by atoms with E-state index in [0.29, 0.717) is 10.1 Å². The topological polar surface area (TPSA) is 33.3 Å². The van der Waals surface area contributed by atoms with Crippen LogP contribution < -0.4 is 15.4 Å². The number of halogens is 1. The number of rotatable bonds is 7. The maximum absolute atomic E-state index is 5.86. The zero-order chi connectivity index (χ0) is 17.4. The summed E-state index contributed by atoms with van der Waals surface area (Å²) in [5.41, 5.74) is 2.20. The average molecular weight is 363 g/mol.